The van der Waals surface area contributed by atoms with Crippen LogP contribution in [0.2, 0.25) is 0 Å². The Morgan fingerprint density at radius 2 is 2.10 bits per heavy atom. The minimum atomic E-state index is -0.836. The second kappa shape index (κ2) is 5.54. The van der Waals surface area contributed by atoms with E-state index in [1.165, 1.54) is 0 Å². The van der Waals surface area contributed by atoms with Gasteiger partial charge in [0.2, 0.25) is 11.8 Å². The highest BCUT2D eigenvalue weighted by Gasteiger charge is 2.35. The molecule has 2 heterocycles. The van der Waals surface area contributed by atoms with Gasteiger partial charge in [0, 0.05) is 18.6 Å². The number of ether oxygens (including phenoxy) is 1. The van der Waals surface area contributed by atoms with Crippen LogP contribution >= 0.6 is 0 Å². The Labute approximate surface area is 119 Å². The highest BCUT2D eigenvalue weighted by atomic mass is 16.5. The molecule has 0 aromatic carbocycles. The molecule has 0 spiro atoms. The summed E-state index contributed by atoms with van der Waals surface area (Å²) >= 11 is 0. The zero-order valence-corrected chi connectivity index (χ0v) is 12.4. The Hall–Kier alpha value is -1.40. The third kappa shape index (κ3) is 3.37. The lowest BCUT2D eigenvalue weighted by Gasteiger charge is -2.31. The number of amides is 1. The number of carbonyl (C=O) groups is 1. The maximum absolute atomic E-state index is 12.1. The van der Waals surface area contributed by atoms with Crippen LogP contribution in [0.5, 0.6) is 0 Å². The number of nitrogens with one attached hydrogen (secondary N) is 1. The minimum Gasteiger partial charge on any atom is -0.443 e. The number of hydrogen-bond acceptors (Lipinski definition) is 5. The van der Waals surface area contributed by atoms with Crippen molar-refractivity contribution in [1.82, 2.24) is 10.3 Å². The van der Waals surface area contributed by atoms with Crippen LogP contribution in [0.4, 0.5) is 0 Å². The Morgan fingerprint density at radius 3 is 2.65 bits per heavy atom. The van der Waals surface area contributed by atoms with Crippen molar-refractivity contribution in [3.05, 3.63) is 17.8 Å². The maximum Gasteiger partial charge on any atom is 0.240 e. The molecule has 0 unspecified atom stereocenters. The average molecular weight is 281 g/mol. The van der Waals surface area contributed by atoms with Gasteiger partial charge in [0.05, 0.1) is 18.3 Å². The largest absolute Gasteiger partial charge is 0.443 e. The average Bonchev–Trinajstić information content (AvgIpc) is 2.85. The molecule has 0 radical (unpaired) electrons. The molecule has 6 heteroatoms. The van der Waals surface area contributed by atoms with Gasteiger partial charge in [0.25, 0.3) is 0 Å². The van der Waals surface area contributed by atoms with E-state index in [2.05, 4.69) is 10.3 Å². The van der Waals surface area contributed by atoms with Gasteiger partial charge in [0.15, 0.2) is 0 Å². The SMILES string of the molecule is CC(C)(C)c1cnc(CNC(=O)C2(N)CCOCC2)o1. The summed E-state index contributed by atoms with van der Waals surface area (Å²) in [6.45, 7) is 7.45. The first-order valence-corrected chi connectivity index (χ1v) is 6.91. The fraction of sp³-hybridized carbons (Fsp3) is 0.714. The van der Waals surface area contributed by atoms with Gasteiger partial charge >= 0.3 is 0 Å². The monoisotopic (exact) mass is 281 g/mol. The van der Waals surface area contributed by atoms with Gasteiger partial charge in [-0.2, -0.15) is 0 Å². The Balaban J connectivity index is 1.91. The lowest BCUT2D eigenvalue weighted by Crippen LogP contribution is -2.56. The quantitative estimate of drug-likeness (QED) is 0.865. The standard InChI is InChI=1S/C14H23N3O3/c1-13(2,3)10-8-16-11(20-10)9-17-12(18)14(15)4-6-19-7-5-14/h8H,4-7,9,15H2,1-3H3,(H,17,18). The number of nitrogens with zero attached hydrogens (tertiary/aromatic N) is 1. The van der Waals surface area contributed by atoms with Crippen LogP contribution in [0.25, 0.3) is 0 Å². The van der Waals surface area contributed by atoms with Gasteiger partial charge < -0.3 is 20.2 Å². The summed E-state index contributed by atoms with van der Waals surface area (Å²) in [6.07, 6.45) is 2.78. The predicted molar refractivity (Wildman–Crippen MR) is 74.0 cm³/mol. The van der Waals surface area contributed by atoms with Crippen LogP contribution in [0.1, 0.15) is 45.3 Å². The van der Waals surface area contributed by atoms with Crippen molar-refractivity contribution in [2.75, 3.05) is 13.2 Å². The Morgan fingerprint density at radius 1 is 1.45 bits per heavy atom. The van der Waals surface area contributed by atoms with Gasteiger partial charge in [-0.05, 0) is 12.8 Å². The number of hydrogen-bond donors (Lipinski definition) is 2. The number of oxazole rings is 1. The van der Waals surface area contributed by atoms with Crippen LogP contribution in [-0.4, -0.2) is 29.6 Å². The van der Waals surface area contributed by atoms with Crippen molar-refractivity contribution in [1.29, 1.82) is 0 Å². The summed E-state index contributed by atoms with van der Waals surface area (Å²) < 4.78 is 10.9. The first-order valence-electron chi connectivity index (χ1n) is 6.91. The highest BCUT2D eigenvalue weighted by Crippen LogP contribution is 2.23. The lowest BCUT2D eigenvalue weighted by atomic mass is 9.90. The van der Waals surface area contributed by atoms with Crippen LogP contribution in [0, 0.1) is 0 Å². The summed E-state index contributed by atoms with van der Waals surface area (Å²) in [5, 5.41) is 2.80. The minimum absolute atomic E-state index is 0.0922. The molecule has 1 fully saturated rings. The first kappa shape index (κ1) is 15.0. The van der Waals surface area contributed by atoms with Crippen molar-refractivity contribution >= 4 is 5.91 Å². The zero-order valence-electron chi connectivity index (χ0n) is 12.4. The molecular formula is C14H23N3O3. The molecule has 2 rings (SSSR count). The van der Waals surface area contributed by atoms with E-state index in [-0.39, 0.29) is 17.9 Å². The van der Waals surface area contributed by atoms with Gasteiger partial charge in [-0.3, -0.25) is 4.79 Å². The lowest BCUT2D eigenvalue weighted by molar-refractivity contribution is -0.130. The molecule has 1 aromatic rings. The number of aromatic nitrogens is 1. The molecule has 3 N–H and O–H groups in total. The normalized spacial score (nSPS) is 18.8. The van der Waals surface area contributed by atoms with Crippen LogP contribution < -0.4 is 11.1 Å². The molecule has 20 heavy (non-hydrogen) atoms. The topological polar surface area (TPSA) is 90.4 Å². The molecule has 1 aliphatic rings. The molecule has 0 bridgehead atoms. The van der Waals surface area contributed by atoms with E-state index in [1.807, 2.05) is 20.8 Å². The van der Waals surface area contributed by atoms with Gasteiger partial charge in [-0.25, -0.2) is 4.98 Å². The van der Waals surface area contributed by atoms with Gasteiger partial charge in [-0.1, -0.05) is 20.8 Å². The van der Waals surface area contributed by atoms with Crippen LogP contribution in [-0.2, 0) is 21.5 Å². The van der Waals surface area contributed by atoms with E-state index < -0.39 is 5.54 Å². The van der Waals surface area contributed by atoms with Crippen molar-refractivity contribution in [2.45, 2.75) is 51.1 Å². The highest BCUT2D eigenvalue weighted by molar-refractivity contribution is 5.86. The van der Waals surface area contributed by atoms with E-state index in [1.54, 1.807) is 6.20 Å². The summed E-state index contributed by atoms with van der Waals surface area (Å²) in [6, 6.07) is 0. The zero-order chi connectivity index (χ0) is 14.8. The summed E-state index contributed by atoms with van der Waals surface area (Å²) in [5.41, 5.74) is 5.17. The number of nitrogens with two attached hydrogens (primary N) is 1. The van der Waals surface area contributed by atoms with Crippen LogP contribution in [0.3, 0.4) is 0 Å². The smallest absolute Gasteiger partial charge is 0.240 e. The third-order valence-corrected chi connectivity index (χ3v) is 3.53. The van der Waals surface area contributed by atoms with Crippen molar-refractivity contribution < 1.29 is 13.9 Å². The van der Waals surface area contributed by atoms with Gasteiger partial charge in [0.1, 0.15) is 5.76 Å². The summed E-state index contributed by atoms with van der Waals surface area (Å²) in [4.78, 5) is 16.3. The number of rotatable bonds is 3. The first-order chi connectivity index (χ1) is 9.31. The van der Waals surface area contributed by atoms with Crippen molar-refractivity contribution in [2.24, 2.45) is 5.73 Å². The van der Waals surface area contributed by atoms with Crippen molar-refractivity contribution in [3.8, 4) is 0 Å². The van der Waals surface area contributed by atoms with E-state index in [4.69, 9.17) is 14.9 Å². The third-order valence-electron chi connectivity index (χ3n) is 3.53. The molecule has 1 amide bonds. The Bertz CT molecular complexity index is 470. The van der Waals surface area contributed by atoms with Crippen LogP contribution in [0.15, 0.2) is 10.6 Å². The van der Waals surface area contributed by atoms with Gasteiger partial charge in [-0.15, -0.1) is 0 Å². The second-order valence-corrected chi connectivity index (χ2v) is 6.32. The van der Waals surface area contributed by atoms with E-state index >= 15 is 0 Å². The molecule has 6 nitrogen and oxygen atoms in total. The fourth-order valence-electron chi connectivity index (χ4n) is 2.03. The fourth-order valence-corrected chi connectivity index (χ4v) is 2.03. The molecule has 1 aliphatic heterocycles. The molecule has 0 atom stereocenters. The molecule has 1 saturated heterocycles. The van der Waals surface area contributed by atoms with E-state index in [0.29, 0.717) is 31.9 Å². The molecule has 0 saturated carbocycles. The van der Waals surface area contributed by atoms with E-state index in [9.17, 15) is 4.79 Å². The van der Waals surface area contributed by atoms with E-state index in [0.717, 1.165) is 5.76 Å². The molecule has 0 aliphatic carbocycles. The Kier molecular flexibility index (Phi) is 4.15. The molecule has 1 aromatic heterocycles. The van der Waals surface area contributed by atoms with Crippen molar-refractivity contribution in [3.63, 3.8) is 0 Å². The molecular weight excluding hydrogens is 258 g/mol. The second-order valence-electron chi connectivity index (χ2n) is 6.32. The molecule has 112 valence electrons. The summed E-state index contributed by atoms with van der Waals surface area (Å²) in [5.74, 6) is 1.13. The number of carbonyl (C=O) groups excluding carboxylic acids is 1. The summed E-state index contributed by atoms with van der Waals surface area (Å²) in [7, 11) is 0. The maximum atomic E-state index is 12.1. The predicted octanol–water partition coefficient (Wildman–Crippen LogP) is 1.10.